The number of nitrogens with zero attached hydrogens (tertiary/aromatic N) is 2. The average Bonchev–Trinajstić information content (AvgIpc) is 3.12. The van der Waals surface area contributed by atoms with E-state index in [0.29, 0.717) is 24.1 Å². The zero-order valence-electron chi connectivity index (χ0n) is 12.5. The number of nitrogens with one attached hydrogen (secondary N) is 1. The third-order valence-electron chi connectivity index (χ3n) is 4.88. The Kier molecular flexibility index (Phi) is 4.58. The van der Waals surface area contributed by atoms with Crippen LogP contribution in [0.25, 0.3) is 0 Å². The number of thiocarbonyl (C=S) groups is 1. The van der Waals surface area contributed by atoms with Crippen LogP contribution in [0.4, 0.5) is 10.1 Å². The van der Waals surface area contributed by atoms with E-state index in [1.165, 1.54) is 37.8 Å². The molecule has 2 aliphatic carbocycles. The lowest BCUT2D eigenvalue weighted by molar-refractivity contribution is 0.390. The molecule has 0 aromatic heterocycles. The van der Waals surface area contributed by atoms with Crippen LogP contribution in [0.5, 0.6) is 0 Å². The number of hydrogen-bond donors (Lipinski definition) is 1. The second-order valence-corrected chi connectivity index (χ2v) is 6.65. The molecule has 5 heteroatoms. The van der Waals surface area contributed by atoms with Gasteiger partial charge in [-0.2, -0.15) is 5.26 Å². The van der Waals surface area contributed by atoms with Crippen molar-refractivity contribution in [1.29, 1.82) is 5.26 Å². The van der Waals surface area contributed by atoms with E-state index in [0.717, 1.165) is 17.5 Å². The molecule has 1 aromatic rings. The summed E-state index contributed by atoms with van der Waals surface area (Å²) < 4.78 is 13.1. The van der Waals surface area contributed by atoms with Crippen molar-refractivity contribution in [3.8, 4) is 6.07 Å². The number of fused-ring (bicyclic) bond motifs is 2. The van der Waals surface area contributed by atoms with Gasteiger partial charge in [-0.25, -0.2) is 4.39 Å². The molecular weight excluding hydrogens is 297 g/mol. The number of rotatable bonds is 4. The number of anilines is 1. The van der Waals surface area contributed by atoms with Crippen molar-refractivity contribution < 1.29 is 4.39 Å². The molecule has 2 saturated carbocycles. The van der Waals surface area contributed by atoms with Crippen molar-refractivity contribution in [1.82, 2.24) is 5.32 Å². The Morgan fingerprint density at radius 1 is 1.32 bits per heavy atom. The van der Waals surface area contributed by atoms with Crippen LogP contribution in [0.1, 0.15) is 32.1 Å². The summed E-state index contributed by atoms with van der Waals surface area (Å²) >= 11 is 5.57. The van der Waals surface area contributed by atoms with Gasteiger partial charge in [0.1, 0.15) is 5.82 Å². The van der Waals surface area contributed by atoms with Gasteiger partial charge in [0.15, 0.2) is 5.11 Å². The molecular formula is C17H20FN3S. The van der Waals surface area contributed by atoms with Crippen molar-refractivity contribution in [3.05, 3.63) is 30.1 Å². The Morgan fingerprint density at radius 3 is 2.68 bits per heavy atom. The molecule has 22 heavy (non-hydrogen) atoms. The van der Waals surface area contributed by atoms with Gasteiger partial charge in [0.05, 0.1) is 12.5 Å². The van der Waals surface area contributed by atoms with Crippen LogP contribution >= 0.6 is 12.2 Å². The fourth-order valence-corrected chi connectivity index (χ4v) is 4.14. The maximum Gasteiger partial charge on any atom is 0.173 e. The third kappa shape index (κ3) is 3.22. The highest BCUT2D eigenvalue weighted by Gasteiger charge is 2.40. The van der Waals surface area contributed by atoms with Crippen LogP contribution in [0, 0.1) is 29.0 Å². The van der Waals surface area contributed by atoms with Gasteiger partial charge in [-0.15, -0.1) is 0 Å². The fraction of sp³-hybridized carbons (Fsp3) is 0.529. The molecule has 2 bridgehead atoms. The lowest BCUT2D eigenvalue weighted by atomic mass is 9.95. The van der Waals surface area contributed by atoms with Gasteiger partial charge in [0.25, 0.3) is 0 Å². The molecule has 0 unspecified atom stereocenters. The minimum Gasteiger partial charge on any atom is -0.359 e. The van der Waals surface area contributed by atoms with Gasteiger partial charge < -0.3 is 10.2 Å². The molecule has 0 amide bonds. The highest BCUT2D eigenvalue weighted by Crippen LogP contribution is 2.44. The average molecular weight is 317 g/mol. The molecule has 116 valence electrons. The van der Waals surface area contributed by atoms with Gasteiger partial charge in [-0.1, -0.05) is 6.42 Å². The summed E-state index contributed by atoms with van der Waals surface area (Å²) in [6.07, 6.45) is 5.54. The number of hydrogen-bond acceptors (Lipinski definition) is 2. The van der Waals surface area contributed by atoms with Gasteiger partial charge >= 0.3 is 0 Å². The predicted molar refractivity (Wildman–Crippen MR) is 88.9 cm³/mol. The van der Waals surface area contributed by atoms with Crippen molar-refractivity contribution in [3.63, 3.8) is 0 Å². The van der Waals surface area contributed by atoms with Crippen molar-refractivity contribution in [2.45, 2.75) is 38.1 Å². The van der Waals surface area contributed by atoms with Crippen LogP contribution in [-0.2, 0) is 0 Å². The first-order valence-electron chi connectivity index (χ1n) is 7.88. The summed E-state index contributed by atoms with van der Waals surface area (Å²) in [5.74, 6) is 1.31. The monoisotopic (exact) mass is 317 g/mol. The van der Waals surface area contributed by atoms with Crippen molar-refractivity contribution in [2.24, 2.45) is 11.8 Å². The Labute approximate surface area is 136 Å². The standard InChI is InChI=1S/C17H20FN3S/c18-14-4-6-15(7-5-14)21(9-1-8-19)17(22)20-16-11-12-2-3-13(16)10-12/h4-7,12-13,16H,1-3,9-11H2,(H,20,22)/t12-,13+,16+/m1/s1. The Hall–Kier alpha value is -1.67. The maximum atomic E-state index is 13.1. The molecule has 0 saturated heterocycles. The van der Waals surface area contributed by atoms with Crippen LogP contribution < -0.4 is 10.2 Å². The summed E-state index contributed by atoms with van der Waals surface area (Å²) in [6, 6.07) is 8.88. The molecule has 0 heterocycles. The van der Waals surface area contributed by atoms with Gasteiger partial charge in [-0.05, 0) is 67.6 Å². The smallest absolute Gasteiger partial charge is 0.173 e. The zero-order chi connectivity index (χ0) is 15.5. The SMILES string of the molecule is N#CCCN(C(=S)N[C@H]1C[C@@H]2CC[C@H]1C2)c1ccc(F)cc1. The van der Waals surface area contributed by atoms with Gasteiger partial charge in [-0.3, -0.25) is 0 Å². The highest BCUT2D eigenvalue weighted by molar-refractivity contribution is 7.80. The normalized spacial score (nSPS) is 25.7. The summed E-state index contributed by atoms with van der Waals surface area (Å²) in [4.78, 5) is 1.91. The summed E-state index contributed by atoms with van der Waals surface area (Å²) in [5, 5.41) is 13.0. The first-order chi connectivity index (χ1) is 10.7. The lowest BCUT2D eigenvalue weighted by Gasteiger charge is -2.30. The lowest BCUT2D eigenvalue weighted by Crippen LogP contribution is -2.47. The van der Waals surface area contributed by atoms with E-state index in [-0.39, 0.29) is 5.82 Å². The molecule has 0 radical (unpaired) electrons. The summed E-state index contributed by atoms with van der Waals surface area (Å²) in [6.45, 7) is 0.523. The van der Waals surface area contributed by atoms with Crippen molar-refractivity contribution >= 4 is 23.0 Å². The summed E-state index contributed by atoms with van der Waals surface area (Å²) in [5.41, 5.74) is 0.831. The highest BCUT2D eigenvalue weighted by atomic mass is 32.1. The Balaban J connectivity index is 1.69. The second-order valence-electron chi connectivity index (χ2n) is 6.27. The van der Waals surface area contributed by atoms with Crippen LogP contribution in [-0.4, -0.2) is 17.7 Å². The van der Waals surface area contributed by atoms with E-state index >= 15 is 0 Å². The fourth-order valence-electron chi connectivity index (χ4n) is 3.79. The number of nitriles is 1. The van der Waals surface area contributed by atoms with E-state index in [1.807, 2.05) is 4.90 Å². The first kappa shape index (κ1) is 15.2. The van der Waals surface area contributed by atoms with Crippen LogP contribution in [0.3, 0.4) is 0 Å². The molecule has 3 rings (SSSR count). The van der Waals surface area contributed by atoms with Gasteiger partial charge in [0.2, 0.25) is 0 Å². The van der Waals surface area contributed by atoms with Gasteiger partial charge in [0, 0.05) is 18.3 Å². The molecule has 0 aliphatic heterocycles. The Morgan fingerprint density at radius 2 is 2.09 bits per heavy atom. The van der Waals surface area contributed by atoms with Crippen LogP contribution in [0.15, 0.2) is 24.3 Å². The third-order valence-corrected chi connectivity index (χ3v) is 5.22. The number of benzene rings is 1. The van der Waals surface area contributed by atoms with E-state index in [2.05, 4.69) is 11.4 Å². The topological polar surface area (TPSA) is 39.1 Å². The quantitative estimate of drug-likeness (QED) is 0.861. The van der Waals surface area contributed by atoms with Crippen LogP contribution in [0.2, 0.25) is 0 Å². The molecule has 2 aliphatic rings. The second kappa shape index (κ2) is 6.62. The van der Waals surface area contributed by atoms with E-state index < -0.39 is 0 Å². The maximum absolute atomic E-state index is 13.1. The van der Waals surface area contributed by atoms with E-state index in [4.69, 9.17) is 17.5 Å². The molecule has 2 fully saturated rings. The molecule has 1 aromatic carbocycles. The largest absolute Gasteiger partial charge is 0.359 e. The molecule has 0 spiro atoms. The molecule has 3 atom stereocenters. The first-order valence-corrected chi connectivity index (χ1v) is 8.28. The predicted octanol–water partition coefficient (Wildman–Crippen LogP) is 3.61. The van der Waals surface area contributed by atoms with E-state index in [9.17, 15) is 4.39 Å². The summed E-state index contributed by atoms with van der Waals surface area (Å²) in [7, 11) is 0. The molecule has 1 N–H and O–H groups in total. The minimum absolute atomic E-state index is 0.268. The van der Waals surface area contributed by atoms with Crippen molar-refractivity contribution in [2.75, 3.05) is 11.4 Å². The molecule has 3 nitrogen and oxygen atoms in total. The number of halogens is 1. The van der Waals surface area contributed by atoms with E-state index in [1.54, 1.807) is 12.1 Å². The zero-order valence-corrected chi connectivity index (χ0v) is 13.3. The minimum atomic E-state index is -0.268. The Bertz CT molecular complexity index is 581.